The zero-order valence-corrected chi connectivity index (χ0v) is 19.4. The minimum absolute atomic E-state index is 0.148. The van der Waals surface area contributed by atoms with Crippen LogP contribution >= 0.6 is 11.3 Å². The highest BCUT2D eigenvalue weighted by atomic mass is 32.1. The summed E-state index contributed by atoms with van der Waals surface area (Å²) in [6, 6.07) is 12.9. The molecule has 34 heavy (non-hydrogen) atoms. The van der Waals surface area contributed by atoms with Crippen molar-refractivity contribution in [2.75, 3.05) is 14.2 Å². The molecule has 0 spiro atoms. The van der Waals surface area contributed by atoms with Crippen LogP contribution in [-0.2, 0) is 24.4 Å². The minimum atomic E-state index is -0.687. The molecule has 0 fully saturated rings. The predicted octanol–water partition coefficient (Wildman–Crippen LogP) is 2.75. The molecule has 2 aromatic heterocycles. The first kappa shape index (κ1) is 23.2. The van der Waals surface area contributed by atoms with Crippen molar-refractivity contribution in [2.24, 2.45) is 0 Å². The van der Waals surface area contributed by atoms with E-state index in [1.54, 1.807) is 35.7 Å². The van der Waals surface area contributed by atoms with Gasteiger partial charge >= 0.3 is 5.69 Å². The van der Waals surface area contributed by atoms with E-state index in [0.717, 1.165) is 15.9 Å². The van der Waals surface area contributed by atoms with E-state index in [9.17, 15) is 18.8 Å². The molecule has 4 aromatic rings. The number of nitrogens with one attached hydrogen (secondary N) is 1. The van der Waals surface area contributed by atoms with Crippen LogP contribution in [0.1, 0.15) is 11.1 Å². The van der Waals surface area contributed by atoms with Gasteiger partial charge in [-0.15, -0.1) is 11.3 Å². The lowest BCUT2D eigenvalue weighted by Crippen LogP contribution is -2.42. The Kier molecular flexibility index (Phi) is 6.78. The van der Waals surface area contributed by atoms with Gasteiger partial charge in [0.25, 0.3) is 5.56 Å². The Morgan fingerprint density at radius 3 is 2.50 bits per heavy atom. The van der Waals surface area contributed by atoms with E-state index in [0.29, 0.717) is 27.3 Å². The molecule has 0 aliphatic heterocycles. The smallest absolute Gasteiger partial charge is 0.332 e. The first-order valence-electron chi connectivity index (χ1n) is 10.4. The van der Waals surface area contributed by atoms with Crippen LogP contribution in [0.2, 0.25) is 0 Å². The lowest BCUT2D eigenvalue weighted by Gasteiger charge is -2.14. The predicted molar refractivity (Wildman–Crippen MR) is 127 cm³/mol. The fraction of sp³-hybridized carbons (Fsp3) is 0.208. The van der Waals surface area contributed by atoms with Crippen molar-refractivity contribution in [3.63, 3.8) is 0 Å². The fourth-order valence-electron chi connectivity index (χ4n) is 3.71. The van der Waals surface area contributed by atoms with Gasteiger partial charge in [0.1, 0.15) is 17.1 Å². The number of halogens is 1. The highest BCUT2D eigenvalue weighted by Crippen LogP contribution is 2.30. The summed E-state index contributed by atoms with van der Waals surface area (Å²) >= 11 is 1.16. The Balaban J connectivity index is 1.63. The van der Waals surface area contributed by atoms with Crippen molar-refractivity contribution >= 4 is 27.5 Å². The summed E-state index contributed by atoms with van der Waals surface area (Å²) in [5.41, 5.74) is 0.0645. The van der Waals surface area contributed by atoms with Crippen molar-refractivity contribution in [1.82, 2.24) is 14.5 Å². The first-order chi connectivity index (χ1) is 16.4. The number of fused-ring (bicyclic) bond motifs is 1. The van der Waals surface area contributed by atoms with Gasteiger partial charge in [-0.3, -0.25) is 18.7 Å². The van der Waals surface area contributed by atoms with Gasteiger partial charge in [-0.25, -0.2) is 9.18 Å². The molecule has 4 rings (SSSR count). The molecular weight excluding hydrogens is 461 g/mol. The molecular formula is C24H22FN3O5S. The van der Waals surface area contributed by atoms with Gasteiger partial charge in [0.2, 0.25) is 5.91 Å². The topological polar surface area (TPSA) is 91.6 Å². The highest BCUT2D eigenvalue weighted by molar-refractivity contribution is 7.17. The summed E-state index contributed by atoms with van der Waals surface area (Å²) in [6.07, 6.45) is 0. The molecule has 0 unspecified atom stereocenters. The second-order valence-electron chi connectivity index (χ2n) is 7.42. The molecule has 0 bridgehead atoms. The quantitative estimate of drug-likeness (QED) is 0.416. The normalized spacial score (nSPS) is 10.9. The van der Waals surface area contributed by atoms with E-state index in [1.165, 1.54) is 37.0 Å². The van der Waals surface area contributed by atoms with Gasteiger partial charge in [0, 0.05) is 17.7 Å². The van der Waals surface area contributed by atoms with Gasteiger partial charge in [0.15, 0.2) is 11.5 Å². The zero-order valence-electron chi connectivity index (χ0n) is 18.5. The van der Waals surface area contributed by atoms with Crippen LogP contribution in [-0.4, -0.2) is 29.3 Å². The number of amides is 1. The summed E-state index contributed by atoms with van der Waals surface area (Å²) in [4.78, 5) is 38.9. The maximum Gasteiger partial charge on any atom is 0.332 e. The van der Waals surface area contributed by atoms with E-state index in [1.807, 2.05) is 0 Å². The van der Waals surface area contributed by atoms with Gasteiger partial charge in [-0.05, 0) is 23.6 Å². The standard InChI is InChI=1S/C24H22FN3O5S/c1-32-19-9-5-7-15(21(19)33-2)12-26-20(29)14-27-18-10-11-34-22(18)23(30)28(24(27)31)13-16-6-3-4-8-17(16)25/h3-11H,12-14H2,1-2H3,(H,26,29). The average Bonchev–Trinajstić information content (AvgIpc) is 3.34. The molecule has 0 radical (unpaired) electrons. The number of benzene rings is 2. The van der Waals surface area contributed by atoms with Crippen LogP contribution in [0.5, 0.6) is 11.5 Å². The average molecular weight is 484 g/mol. The number of methoxy groups -OCH3 is 2. The van der Waals surface area contributed by atoms with E-state index >= 15 is 0 Å². The van der Waals surface area contributed by atoms with E-state index in [-0.39, 0.29) is 25.2 Å². The van der Waals surface area contributed by atoms with Gasteiger partial charge < -0.3 is 14.8 Å². The Hall–Kier alpha value is -3.92. The third kappa shape index (κ3) is 4.44. The molecule has 8 nitrogen and oxygen atoms in total. The van der Waals surface area contributed by atoms with Crippen molar-refractivity contribution in [1.29, 1.82) is 0 Å². The number of hydrogen-bond acceptors (Lipinski definition) is 6. The lowest BCUT2D eigenvalue weighted by atomic mass is 10.2. The molecule has 10 heteroatoms. The number of aromatic nitrogens is 2. The zero-order chi connectivity index (χ0) is 24.2. The monoisotopic (exact) mass is 483 g/mol. The number of para-hydroxylation sites is 1. The lowest BCUT2D eigenvalue weighted by molar-refractivity contribution is -0.121. The van der Waals surface area contributed by atoms with Crippen LogP contribution in [0.4, 0.5) is 4.39 Å². The summed E-state index contributed by atoms with van der Waals surface area (Å²) in [7, 11) is 3.03. The number of carbonyl (C=O) groups is 1. The second-order valence-corrected chi connectivity index (χ2v) is 8.33. The molecule has 0 atom stereocenters. The molecule has 176 valence electrons. The number of rotatable bonds is 8. The van der Waals surface area contributed by atoms with Crippen molar-refractivity contribution < 1.29 is 18.7 Å². The molecule has 0 aliphatic carbocycles. The van der Waals surface area contributed by atoms with Gasteiger partial charge in [-0.1, -0.05) is 30.3 Å². The maximum absolute atomic E-state index is 14.2. The third-order valence-electron chi connectivity index (χ3n) is 5.38. The van der Waals surface area contributed by atoms with Crippen LogP contribution in [0.25, 0.3) is 10.2 Å². The van der Waals surface area contributed by atoms with Crippen LogP contribution < -0.4 is 26.0 Å². The van der Waals surface area contributed by atoms with E-state index < -0.39 is 23.0 Å². The van der Waals surface area contributed by atoms with Crippen molar-refractivity contribution in [2.45, 2.75) is 19.6 Å². The summed E-state index contributed by atoms with van der Waals surface area (Å²) < 4.78 is 27.3. The Bertz CT molecular complexity index is 1470. The SMILES string of the molecule is COc1cccc(CNC(=O)Cn2c(=O)n(Cc3ccccc3F)c(=O)c3sccc32)c1OC. The molecule has 1 N–H and O–H groups in total. The Morgan fingerprint density at radius 1 is 1.00 bits per heavy atom. The summed E-state index contributed by atoms with van der Waals surface area (Å²) in [6.45, 7) is -0.397. The Labute approximate surface area is 197 Å². The van der Waals surface area contributed by atoms with Crippen LogP contribution in [0.3, 0.4) is 0 Å². The van der Waals surface area contributed by atoms with Crippen LogP contribution in [0.15, 0.2) is 63.5 Å². The summed E-state index contributed by atoms with van der Waals surface area (Å²) in [5, 5.41) is 4.45. The number of carbonyl (C=O) groups excluding carboxylic acids is 1. The number of ether oxygens (including phenoxy) is 2. The van der Waals surface area contributed by atoms with E-state index in [2.05, 4.69) is 5.32 Å². The second kappa shape index (κ2) is 9.92. The number of nitrogens with zero attached hydrogens (tertiary/aromatic N) is 2. The fourth-order valence-corrected chi connectivity index (χ4v) is 4.55. The van der Waals surface area contributed by atoms with Gasteiger partial charge in [-0.2, -0.15) is 0 Å². The maximum atomic E-state index is 14.2. The van der Waals surface area contributed by atoms with Crippen molar-refractivity contribution in [3.05, 3.63) is 91.7 Å². The third-order valence-corrected chi connectivity index (χ3v) is 6.28. The largest absolute Gasteiger partial charge is 0.493 e. The molecule has 0 aliphatic rings. The highest BCUT2D eigenvalue weighted by Gasteiger charge is 2.18. The first-order valence-corrected chi connectivity index (χ1v) is 11.2. The van der Waals surface area contributed by atoms with Crippen LogP contribution in [0, 0.1) is 5.82 Å². The Morgan fingerprint density at radius 2 is 1.76 bits per heavy atom. The van der Waals surface area contributed by atoms with Gasteiger partial charge in [0.05, 0.1) is 26.3 Å². The minimum Gasteiger partial charge on any atom is -0.493 e. The molecule has 0 saturated carbocycles. The molecule has 2 heterocycles. The molecule has 0 saturated heterocycles. The molecule has 2 aromatic carbocycles. The van der Waals surface area contributed by atoms with Crippen molar-refractivity contribution in [3.8, 4) is 11.5 Å². The number of hydrogen-bond donors (Lipinski definition) is 1. The number of thiophene rings is 1. The summed E-state index contributed by atoms with van der Waals surface area (Å²) in [5.74, 6) is 0.0824. The van der Waals surface area contributed by atoms with E-state index in [4.69, 9.17) is 9.47 Å². The molecule has 1 amide bonds.